The van der Waals surface area contributed by atoms with Gasteiger partial charge in [0, 0.05) is 43.9 Å². The van der Waals surface area contributed by atoms with Crippen LogP contribution in [0.1, 0.15) is 11.5 Å². The highest BCUT2D eigenvalue weighted by Crippen LogP contribution is 2.40. The zero-order chi connectivity index (χ0) is 22.5. The van der Waals surface area contributed by atoms with Crippen LogP contribution >= 0.6 is 0 Å². The van der Waals surface area contributed by atoms with Crippen molar-refractivity contribution >= 4 is 0 Å². The lowest BCUT2D eigenvalue weighted by atomic mass is 10.1. The lowest BCUT2D eigenvalue weighted by Crippen LogP contribution is -2.45. The maximum Gasteiger partial charge on any atom is 0.241 e. The summed E-state index contributed by atoms with van der Waals surface area (Å²) in [6.07, 6.45) is 0. The molecule has 0 atom stereocenters. The van der Waals surface area contributed by atoms with Gasteiger partial charge in [0.15, 0.2) is 11.5 Å². The highest BCUT2D eigenvalue weighted by atomic mass is 19.1. The van der Waals surface area contributed by atoms with Crippen LogP contribution in [-0.2, 0) is 13.1 Å². The Kier molecular flexibility index (Phi) is 6.87. The Hall–Kier alpha value is -3.17. The molecule has 2 aromatic carbocycles. The highest BCUT2D eigenvalue weighted by Gasteiger charge is 2.22. The van der Waals surface area contributed by atoms with Crippen molar-refractivity contribution in [1.29, 1.82) is 0 Å². The van der Waals surface area contributed by atoms with Gasteiger partial charge in [0.05, 0.1) is 27.9 Å². The van der Waals surface area contributed by atoms with Crippen molar-refractivity contribution in [2.45, 2.75) is 13.1 Å². The minimum atomic E-state index is -0.291. The van der Waals surface area contributed by atoms with Crippen LogP contribution in [0, 0.1) is 5.82 Å². The Bertz CT molecular complexity index is 1030. The summed E-state index contributed by atoms with van der Waals surface area (Å²) in [5.74, 6) is 2.70. The monoisotopic (exact) mass is 442 g/mol. The van der Waals surface area contributed by atoms with Gasteiger partial charge in [0.2, 0.25) is 17.5 Å². The fourth-order valence-corrected chi connectivity index (χ4v) is 3.86. The van der Waals surface area contributed by atoms with Crippen LogP contribution in [-0.4, -0.2) is 67.4 Å². The molecule has 1 aliphatic rings. The maximum atomic E-state index is 13.1. The molecule has 0 bridgehead atoms. The smallest absolute Gasteiger partial charge is 0.241 e. The van der Waals surface area contributed by atoms with E-state index >= 15 is 0 Å². The van der Waals surface area contributed by atoms with Gasteiger partial charge in [-0.05, 0) is 30.3 Å². The first-order valence-electron chi connectivity index (χ1n) is 10.4. The average Bonchev–Trinajstić information content (AvgIpc) is 3.28. The van der Waals surface area contributed by atoms with E-state index in [-0.39, 0.29) is 5.82 Å². The van der Waals surface area contributed by atoms with E-state index in [0.717, 1.165) is 43.9 Å². The fourth-order valence-electron chi connectivity index (χ4n) is 3.86. The second-order valence-corrected chi connectivity index (χ2v) is 7.56. The molecule has 0 amide bonds. The van der Waals surface area contributed by atoms with Gasteiger partial charge >= 0.3 is 0 Å². The average molecular weight is 442 g/mol. The molecule has 32 heavy (non-hydrogen) atoms. The van der Waals surface area contributed by atoms with Gasteiger partial charge < -0.3 is 18.7 Å². The van der Waals surface area contributed by atoms with Crippen molar-refractivity contribution in [3.05, 3.63) is 53.7 Å². The number of rotatable bonds is 8. The van der Waals surface area contributed by atoms with Crippen LogP contribution < -0.4 is 14.2 Å². The molecule has 8 nitrogen and oxygen atoms in total. The summed E-state index contributed by atoms with van der Waals surface area (Å²) in [7, 11) is 4.87. The Balaban J connectivity index is 1.34. The molecule has 1 aromatic heterocycles. The van der Waals surface area contributed by atoms with Gasteiger partial charge in [-0.25, -0.2) is 4.39 Å². The summed E-state index contributed by atoms with van der Waals surface area (Å²) in [6, 6.07) is 9.98. The zero-order valence-electron chi connectivity index (χ0n) is 18.5. The van der Waals surface area contributed by atoms with E-state index in [1.165, 1.54) is 12.1 Å². The molecule has 0 unspecified atom stereocenters. The molecule has 0 saturated carbocycles. The quantitative estimate of drug-likeness (QED) is 0.527. The number of methoxy groups -OCH3 is 3. The van der Waals surface area contributed by atoms with E-state index < -0.39 is 0 Å². The maximum absolute atomic E-state index is 13.1. The molecule has 0 aliphatic carbocycles. The lowest BCUT2D eigenvalue weighted by molar-refractivity contribution is 0.111. The Morgan fingerprint density at radius 1 is 0.844 bits per heavy atom. The predicted molar refractivity (Wildman–Crippen MR) is 116 cm³/mol. The molecule has 2 heterocycles. The minimum absolute atomic E-state index is 0.291. The standard InChI is InChI=1S/C23H27FN4O4/c1-29-19-9-6-17(21(30-2)22(19)31-3)14-27-10-12-28(13-11-27)15-20-25-23(26-32-20)16-4-7-18(24)8-5-16/h4-9H,10-15H2,1-3H3. The van der Waals surface area contributed by atoms with Crippen LogP contribution in [0.4, 0.5) is 4.39 Å². The zero-order valence-corrected chi connectivity index (χ0v) is 18.5. The molecule has 1 fully saturated rings. The summed E-state index contributed by atoms with van der Waals surface area (Å²) in [5.41, 5.74) is 1.79. The summed E-state index contributed by atoms with van der Waals surface area (Å²) in [6.45, 7) is 4.90. The van der Waals surface area contributed by atoms with Crippen LogP contribution in [0.15, 0.2) is 40.9 Å². The van der Waals surface area contributed by atoms with Crippen molar-refractivity contribution < 1.29 is 23.1 Å². The molecule has 0 N–H and O–H groups in total. The van der Waals surface area contributed by atoms with Crippen molar-refractivity contribution in [1.82, 2.24) is 19.9 Å². The number of hydrogen-bond donors (Lipinski definition) is 0. The number of piperazine rings is 1. The first-order chi connectivity index (χ1) is 15.6. The van der Waals surface area contributed by atoms with Crippen LogP contribution in [0.3, 0.4) is 0 Å². The van der Waals surface area contributed by atoms with E-state index in [1.807, 2.05) is 12.1 Å². The number of aromatic nitrogens is 2. The van der Waals surface area contributed by atoms with E-state index in [4.69, 9.17) is 18.7 Å². The molecule has 1 saturated heterocycles. The van der Waals surface area contributed by atoms with Crippen LogP contribution in [0.2, 0.25) is 0 Å². The molecule has 0 spiro atoms. The second kappa shape index (κ2) is 9.97. The number of ether oxygens (including phenoxy) is 3. The summed E-state index contributed by atoms with van der Waals surface area (Å²) in [5, 5.41) is 4.02. The molecular formula is C23H27FN4O4. The fraction of sp³-hybridized carbons (Fsp3) is 0.391. The molecule has 0 radical (unpaired) electrons. The molecule has 1 aliphatic heterocycles. The Morgan fingerprint density at radius 2 is 1.50 bits per heavy atom. The van der Waals surface area contributed by atoms with E-state index in [1.54, 1.807) is 33.5 Å². The molecular weight excluding hydrogens is 415 g/mol. The molecule has 4 rings (SSSR count). The highest BCUT2D eigenvalue weighted by molar-refractivity contribution is 5.56. The van der Waals surface area contributed by atoms with Crippen LogP contribution in [0.5, 0.6) is 17.2 Å². The summed E-state index contributed by atoms with van der Waals surface area (Å²) < 4.78 is 35.0. The third kappa shape index (κ3) is 4.84. The number of nitrogens with zero attached hydrogens (tertiary/aromatic N) is 4. The van der Waals surface area contributed by atoms with Crippen molar-refractivity contribution in [3.63, 3.8) is 0 Å². The SMILES string of the molecule is COc1ccc(CN2CCN(Cc3nc(-c4ccc(F)cc4)no3)CC2)c(OC)c1OC. The largest absolute Gasteiger partial charge is 0.493 e. The summed E-state index contributed by atoms with van der Waals surface area (Å²) >= 11 is 0. The van der Waals surface area contributed by atoms with E-state index in [2.05, 4.69) is 19.9 Å². The topological polar surface area (TPSA) is 73.1 Å². The number of halogens is 1. The first-order valence-corrected chi connectivity index (χ1v) is 10.4. The van der Waals surface area contributed by atoms with Crippen molar-refractivity contribution in [3.8, 4) is 28.6 Å². The van der Waals surface area contributed by atoms with E-state index in [0.29, 0.717) is 35.5 Å². The predicted octanol–water partition coefficient (Wildman–Crippen LogP) is 3.22. The van der Waals surface area contributed by atoms with Gasteiger partial charge in [-0.3, -0.25) is 9.80 Å². The normalized spacial score (nSPS) is 15.0. The minimum Gasteiger partial charge on any atom is -0.493 e. The number of benzene rings is 2. The van der Waals surface area contributed by atoms with Crippen molar-refractivity contribution in [2.75, 3.05) is 47.5 Å². The first kappa shape index (κ1) is 22.0. The van der Waals surface area contributed by atoms with Crippen molar-refractivity contribution in [2.24, 2.45) is 0 Å². The Labute approximate surface area is 186 Å². The van der Waals surface area contributed by atoms with Gasteiger partial charge in [-0.1, -0.05) is 11.2 Å². The van der Waals surface area contributed by atoms with Gasteiger partial charge in [-0.2, -0.15) is 4.98 Å². The van der Waals surface area contributed by atoms with Gasteiger partial charge in [-0.15, -0.1) is 0 Å². The van der Waals surface area contributed by atoms with Gasteiger partial charge in [0.1, 0.15) is 5.82 Å². The summed E-state index contributed by atoms with van der Waals surface area (Å²) in [4.78, 5) is 9.11. The van der Waals surface area contributed by atoms with Gasteiger partial charge in [0.25, 0.3) is 0 Å². The lowest BCUT2D eigenvalue weighted by Gasteiger charge is -2.34. The Morgan fingerprint density at radius 3 is 2.12 bits per heavy atom. The molecule has 3 aromatic rings. The number of hydrogen-bond acceptors (Lipinski definition) is 8. The third-order valence-electron chi connectivity index (χ3n) is 5.57. The third-order valence-corrected chi connectivity index (χ3v) is 5.57. The molecule has 9 heteroatoms. The van der Waals surface area contributed by atoms with E-state index in [9.17, 15) is 4.39 Å². The van der Waals surface area contributed by atoms with Crippen LogP contribution in [0.25, 0.3) is 11.4 Å². The molecule has 170 valence electrons. The second-order valence-electron chi connectivity index (χ2n) is 7.56.